The molecular formula is C118H99BN6. The number of anilines is 9. The van der Waals surface area contributed by atoms with Crippen LogP contribution in [0.2, 0.25) is 0 Å². The Bertz CT molecular complexity index is 8110. The van der Waals surface area contributed by atoms with Crippen LogP contribution in [0.1, 0.15) is 122 Å². The highest BCUT2D eigenvalue weighted by Gasteiger charge is 2.45. The van der Waals surface area contributed by atoms with Crippen LogP contribution in [0.25, 0.3) is 127 Å². The summed E-state index contributed by atoms with van der Waals surface area (Å²) in [6.45, 7) is 26.8. The molecule has 2 aliphatic rings. The molecule has 0 amide bonds. The molecule has 3 aromatic heterocycles. The summed E-state index contributed by atoms with van der Waals surface area (Å²) in [6.07, 6.45) is 0. The number of hydrogen-bond donors (Lipinski definition) is 0. The van der Waals surface area contributed by atoms with Gasteiger partial charge in [-0.05, 0) is 275 Å². The van der Waals surface area contributed by atoms with Crippen LogP contribution in [0.3, 0.4) is 0 Å². The molecule has 0 fully saturated rings. The third kappa shape index (κ3) is 13.1. The van der Waals surface area contributed by atoms with E-state index in [0.29, 0.717) is 11.4 Å². The van der Waals surface area contributed by atoms with Crippen LogP contribution in [0.5, 0.6) is 0 Å². The van der Waals surface area contributed by atoms with Crippen LogP contribution in [-0.2, 0) is 21.7 Å². The average molecular weight is 1620 g/mol. The summed E-state index contributed by atoms with van der Waals surface area (Å²) < 4.78 is 119. The zero-order valence-electron chi connectivity index (χ0n) is 84.2. The second-order valence-electron chi connectivity index (χ2n) is 37.8. The predicted molar refractivity (Wildman–Crippen MR) is 535 cm³/mol. The number of benzene rings is 17. The monoisotopic (exact) mass is 1620 g/mol. The maximum absolute atomic E-state index is 10.1. The fourth-order valence-electron chi connectivity index (χ4n) is 19.3. The minimum absolute atomic E-state index is 0.0572. The topological polar surface area (TPSA) is 24.5 Å². The molecule has 0 radical (unpaired) electrons. The maximum atomic E-state index is 10.1. The lowest BCUT2D eigenvalue weighted by atomic mass is 9.33. The summed E-state index contributed by atoms with van der Waals surface area (Å²) in [5.74, 6) is 0. The normalized spacial score (nSPS) is 14.3. The van der Waals surface area contributed by atoms with Gasteiger partial charge in [-0.2, -0.15) is 0 Å². The van der Waals surface area contributed by atoms with Gasteiger partial charge >= 0.3 is 0 Å². The summed E-state index contributed by atoms with van der Waals surface area (Å²) in [6, 6.07) is 105. The molecule has 0 atom stereocenters. The molecule has 20 aromatic rings. The molecule has 0 unspecified atom stereocenters. The zero-order valence-corrected chi connectivity index (χ0v) is 72.2. The van der Waals surface area contributed by atoms with Crippen molar-refractivity contribution in [3.05, 3.63) is 404 Å². The molecule has 125 heavy (non-hydrogen) atoms. The first-order chi connectivity index (χ1) is 65.5. The molecule has 0 bridgehead atoms. The molecule has 2 aliphatic heterocycles. The van der Waals surface area contributed by atoms with E-state index in [2.05, 4.69) is 363 Å². The second-order valence-corrected chi connectivity index (χ2v) is 37.8. The van der Waals surface area contributed by atoms with Gasteiger partial charge in [-0.25, -0.2) is 0 Å². The first kappa shape index (κ1) is 64.4. The number of hydrogen-bond acceptors (Lipinski definition) is 3. The number of fused-ring (bicyclic) bond motifs is 13. The highest BCUT2D eigenvalue weighted by Crippen LogP contribution is 2.52. The number of rotatable bonds is 12. The molecule has 604 valence electrons. The predicted octanol–water partition coefficient (Wildman–Crippen LogP) is 30.4. The van der Waals surface area contributed by atoms with Crippen LogP contribution >= 0.6 is 0 Å². The lowest BCUT2D eigenvalue weighted by molar-refractivity contribution is 0.590. The Morgan fingerprint density at radius 1 is 0.232 bits per heavy atom. The Morgan fingerprint density at radius 3 is 0.960 bits per heavy atom. The Morgan fingerprint density at radius 2 is 0.568 bits per heavy atom. The minimum atomic E-state index is -0.577. The molecule has 0 aliphatic carbocycles. The van der Waals surface area contributed by atoms with Gasteiger partial charge in [0.1, 0.15) is 0 Å². The molecule has 5 heterocycles. The highest BCUT2D eigenvalue weighted by molar-refractivity contribution is 7.00. The van der Waals surface area contributed by atoms with Crippen molar-refractivity contribution in [3.8, 4) is 61.6 Å². The van der Waals surface area contributed by atoms with Crippen LogP contribution in [0.15, 0.2) is 382 Å². The number of para-hydroxylation sites is 3. The van der Waals surface area contributed by atoms with Crippen molar-refractivity contribution < 1.29 is 16.4 Å². The van der Waals surface area contributed by atoms with Crippen LogP contribution in [0.4, 0.5) is 51.2 Å². The number of nitrogens with zero attached hydrogens (tertiary/aromatic N) is 6. The Balaban J connectivity index is 0.895. The smallest absolute Gasteiger partial charge is 0.252 e. The summed E-state index contributed by atoms with van der Waals surface area (Å²) >= 11 is 0. The van der Waals surface area contributed by atoms with E-state index in [1.54, 1.807) is 29.2 Å². The Hall–Kier alpha value is -14.4. The summed E-state index contributed by atoms with van der Waals surface area (Å²) in [5.41, 5.74) is 27.1. The van der Waals surface area contributed by atoms with E-state index >= 15 is 0 Å². The second kappa shape index (κ2) is 29.1. The van der Waals surface area contributed by atoms with Gasteiger partial charge < -0.3 is 28.4 Å². The summed E-state index contributed by atoms with van der Waals surface area (Å²) in [4.78, 5) is 6.71. The van der Waals surface area contributed by atoms with Crippen LogP contribution in [-0.4, -0.2) is 20.4 Å². The van der Waals surface area contributed by atoms with Gasteiger partial charge in [0.25, 0.3) is 6.71 Å². The van der Waals surface area contributed by atoms with Gasteiger partial charge in [0, 0.05) is 94.9 Å². The molecule has 0 spiro atoms. The Labute approximate surface area is 750 Å². The largest absolute Gasteiger partial charge is 0.311 e. The lowest BCUT2D eigenvalue weighted by Crippen LogP contribution is -2.61. The first-order valence-electron chi connectivity index (χ1n) is 49.2. The number of aromatic nitrogens is 3. The molecule has 22 rings (SSSR count). The van der Waals surface area contributed by atoms with E-state index in [1.165, 1.54) is 32.9 Å². The standard InChI is InChI=1S/C118H99BN6/c1-115(2,3)84-46-58-106-98(68-84)99-69-85(116(4,5)6)47-59-107(99)122(106)92-55-57-103-111(73-92)125(94-66-82(78-36-22-15-23-37-78)63-83(67-94)79-38-24-16-25-39-79)113-75-95(123-108-60-48-86(117(7,8)9)70-100(108)101-71-87(118(10,11)12)49-61-109(101)123)74-112-114(113)119(103)102-56-54-91(72-110(102)124(112)93-64-80(76-32-18-13-19-33-76)62-81(65-93)77-34-20-14-21-35-77)120(88-40-26-17-27-41-88)89-50-52-90(53-51-89)121-104-44-30-28-42-96(104)97-43-29-31-45-105(97)121/h13-75H,1-12H3/i26D,27D,28D,29D,30D,31D,40D,41D,42D,43D,44D,45D. The minimum Gasteiger partial charge on any atom is -0.311 e. The van der Waals surface area contributed by atoms with Gasteiger partial charge in [0.05, 0.1) is 55.2 Å². The molecule has 0 saturated carbocycles. The van der Waals surface area contributed by atoms with Crippen molar-refractivity contribution in [2.24, 2.45) is 0 Å². The van der Waals surface area contributed by atoms with Gasteiger partial charge in [-0.1, -0.05) is 295 Å². The van der Waals surface area contributed by atoms with Crippen molar-refractivity contribution in [1.82, 2.24) is 13.7 Å². The first-order valence-corrected chi connectivity index (χ1v) is 43.2. The van der Waals surface area contributed by atoms with E-state index in [4.69, 9.17) is 5.48 Å². The van der Waals surface area contributed by atoms with Crippen molar-refractivity contribution >= 4 is 140 Å². The quantitative estimate of drug-likeness (QED) is 0.114. The van der Waals surface area contributed by atoms with Gasteiger partial charge in [0.2, 0.25) is 0 Å². The van der Waals surface area contributed by atoms with E-state index in [9.17, 15) is 11.0 Å². The molecule has 6 nitrogen and oxygen atoms in total. The fourth-order valence-corrected chi connectivity index (χ4v) is 19.3. The fraction of sp³-hybridized carbons (Fsp3) is 0.136. The van der Waals surface area contributed by atoms with Crippen molar-refractivity contribution in [3.63, 3.8) is 0 Å². The van der Waals surface area contributed by atoms with E-state index in [-0.39, 0.29) is 79.0 Å². The average Bonchev–Trinajstić information content (AvgIpc) is 1.68. The van der Waals surface area contributed by atoms with Crippen LogP contribution < -0.4 is 31.1 Å². The maximum Gasteiger partial charge on any atom is 0.252 e. The molecule has 0 N–H and O–H groups in total. The molecule has 0 saturated heterocycles. The van der Waals surface area contributed by atoms with E-state index in [0.717, 1.165) is 150 Å². The zero-order chi connectivity index (χ0) is 95.5. The SMILES string of the molecule is [2H]c1cc([2H])c([2H])c(N(c2ccc(-n3c4c([2H])c([2H])c([2H])c([2H])c4c4c([2H])c([2H])c([2H])c([2H])c43)cc2)c2ccc3c(c2)N(c2cc(-c4ccccc4)cc(-c4ccccc4)c2)c2cc(-n4c5ccc(C(C)(C)C)cc5c5cc(C(C)(C)C)ccc54)cc4c2B3c2ccc(-n3c5ccc(C(C)(C)C)cc5c5cc(C(C)(C)C)ccc53)cc2N4c2cc(-c3ccccc3)cc(-c3ccccc3)c2)c1[2H]. The molecule has 17 aromatic carbocycles. The van der Waals surface area contributed by atoms with Crippen molar-refractivity contribution in [2.45, 2.75) is 105 Å². The highest BCUT2D eigenvalue weighted by atomic mass is 15.2. The summed E-state index contributed by atoms with van der Waals surface area (Å²) in [5, 5.41) is 4.39. The van der Waals surface area contributed by atoms with E-state index in [1.807, 2.05) is 18.2 Å². The van der Waals surface area contributed by atoms with Gasteiger partial charge in [0.15, 0.2) is 0 Å². The molecular weight excluding hydrogens is 1510 g/mol. The van der Waals surface area contributed by atoms with Gasteiger partial charge in [-0.3, -0.25) is 0 Å². The molecule has 7 heteroatoms. The lowest BCUT2D eigenvalue weighted by Gasteiger charge is -2.45. The van der Waals surface area contributed by atoms with Crippen LogP contribution in [0, 0.1) is 0 Å². The summed E-state index contributed by atoms with van der Waals surface area (Å²) in [7, 11) is 0. The van der Waals surface area contributed by atoms with Crippen molar-refractivity contribution in [1.29, 1.82) is 0 Å². The van der Waals surface area contributed by atoms with E-state index < -0.39 is 55.1 Å². The van der Waals surface area contributed by atoms with Crippen molar-refractivity contribution in [2.75, 3.05) is 14.7 Å². The third-order valence-electron chi connectivity index (χ3n) is 25.7. The Kier molecular flexibility index (Phi) is 15.0. The third-order valence-corrected chi connectivity index (χ3v) is 25.7. The van der Waals surface area contributed by atoms with Gasteiger partial charge in [-0.15, -0.1) is 0 Å².